The molecule has 1 aliphatic carbocycles. The van der Waals surface area contributed by atoms with E-state index in [1.54, 1.807) is 17.0 Å². The van der Waals surface area contributed by atoms with Crippen LogP contribution in [-0.2, 0) is 39.0 Å². The molecule has 0 unspecified atom stereocenters. The molecule has 0 radical (unpaired) electrons. The van der Waals surface area contributed by atoms with Crippen LogP contribution >= 0.6 is 15.9 Å². The zero-order chi connectivity index (χ0) is 30.1. The number of rotatable bonds is 12. The molecule has 0 aromatic heterocycles. The Bertz CT molecular complexity index is 1440. The number of sulfonamides is 1. The largest absolute Gasteiger partial charge is 0.352 e. The van der Waals surface area contributed by atoms with Gasteiger partial charge in [0.25, 0.3) is 0 Å². The van der Waals surface area contributed by atoms with Gasteiger partial charge in [0.05, 0.1) is 11.9 Å². The highest BCUT2D eigenvalue weighted by Gasteiger charge is 2.34. The maximum Gasteiger partial charge on any atom is 0.244 e. The molecule has 0 saturated heterocycles. The first-order chi connectivity index (χ1) is 20.2. The van der Waals surface area contributed by atoms with Crippen LogP contribution in [0.4, 0.5) is 5.69 Å². The Kier molecular flexibility index (Phi) is 11.2. The Labute approximate surface area is 258 Å². The molecule has 1 atom stereocenters. The third-order valence-electron chi connectivity index (χ3n) is 7.81. The summed E-state index contributed by atoms with van der Waals surface area (Å²) < 4.78 is 28.2. The summed E-state index contributed by atoms with van der Waals surface area (Å²) >= 11 is 3.47. The molecule has 42 heavy (non-hydrogen) atoms. The molecular weight excluding hydrogens is 614 g/mol. The van der Waals surface area contributed by atoms with E-state index in [1.807, 2.05) is 73.7 Å². The molecule has 0 spiro atoms. The van der Waals surface area contributed by atoms with Crippen LogP contribution in [0.3, 0.4) is 0 Å². The topological polar surface area (TPSA) is 86.8 Å². The molecule has 0 bridgehead atoms. The van der Waals surface area contributed by atoms with Crippen LogP contribution in [0, 0.1) is 0 Å². The van der Waals surface area contributed by atoms with Gasteiger partial charge in [-0.1, -0.05) is 103 Å². The highest BCUT2D eigenvalue weighted by molar-refractivity contribution is 9.10. The van der Waals surface area contributed by atoms with E-state index >= 15 is 0 Å². The Morgan fingerprint density at radius 1 is 0.905 bits per heavy atom. The van der Waals surface area contributed by atoms with Crippen LogP contribution < -0.4 is 9.62 Å². The fourth-order valence-electron chi connectivity index (χ4n) is 5.53. The first-order valence-corrected chi connectivity index (χ1v) is 17.2. The summed E-state index contributed by atoms with van der Waals surface area (Å²) in [5.74, 6) is -0.648. The van der Waals surface area contributed by atoms with Crippen LogP contribution in [-0.4, -0.2) is 50.0 Å². The minimum atomic E-state index is -3.81. The quantitative estimate of drug-likeness (QED) is 0.265. The van der Waals surface area contributed by atoms with Crippen molar-refractivity contribution in [2.24, 2.45) is 0 Å². The average Bonchev–Trinajstić information content (AvgIpc) is 2.99. The van der Waals surface area contributed by atoms with Gasteiger partial charge in [0, 0.05) is 23.5 Å². The van der Waals surface area contributed by atoms with Crippen molar-refractivity contribution in [1.29, 1.82) is 0 Å². The lowest BCUT2D eigenvalue weighted by Gasteiger charge is -2.35. The fraction of sp³-hybridized carbons (Fsp3) is 0.394. The number of hydrogen-bond acceptors (Lipinski definition) is 4. The second-order valence-corrected chi connectivity index (χ2v) is 13.8. The van der Waals surface area contributed by atoms with Gasteiger partial charge in [-0.15, -0.1) is 0 Å². The molecule has 0 heterocycles. The maximum atomic E-state index is 14.3. The summed E-state index contributed by atoms with van der Waals surface area (Å²) in [6.07, 6.45) is 7.16. The number of benzene rings is 3. The van der Waals surface area contributed by atoms with Crippen LogP contribution in [0.5, 0.6) is 0 Å². The number of carbonyl (C=O) groups is 2. The lowest BCUT2D eigenvalue weighted by atomic mass is 9.94. The van der Waals surface area contributed by atoms with E-state index in [-0.39, 0.29) is 18.5 Å². The van der Waals surface area contributed by atoms with E-state index in [1.165, 1.54) is 4.31 Å². The molecule has 3 aromatic rings. The number of hydrogen-bond donors (Lipinski definition) is 1. The smallest absolute Gasteiger partial charge is 0.244 e. The molecule has 0 aliphatic heterocycles. The van der Waals surface area contributed by atoms with Gasteiger partial charge in [0.15, 0.2) is 0 Å². The summed E-state index contributed by atoms with van der Waals surface area (Å²) in [5, 5.41) is 3.23. The normalized spacial score (nSPS) is 14.6. The van der Waals surface area contributed by atoms with E-state index in [9.17, 15) is 18.0 Å². The van der Waals surface area contributed by atoms with Crippen molar-refractivity contribution < 1.29 is 18.0 Å². The van der Waals surface area contributed by atoms with Crippen molar-refractivity contribution >= 4 is 43.5 Å². The van der Waals surface area contributed by atoms with E-state index in [2.05, 4.69) is 21.2 Å². The lowest BCUT2D eigenvalue weighted by Crippen LogP contribution is -2.55. The van der Waals surface area contributed by atoms with Gasteiger partial charge < -0.3 is 10.2 Å². The predicted octanol–water partition coefficient (Wildman–Crippen LogP) is 5.87. The molecule has 7 nitrogen and oxygen atoms in total. The van der Waals surface area contributed by atoms with Crippen LogP contribution in [0.1, 0.15) is 55.7 Å². The number of carbonyl (C=O) groups excluding carboxylic acids is 2. The van der Waals surface area contributed by atoms with Crippen LogP contribution in [0.25, 0.3) is 0 Å². The Balaban J connectivity index is 1.73. The van der Waals surface area contributed by atoms with E-state index in [0.717, 1.165) is 59.5 Å². The van der Waals surface area contributed by atoms with Crippen molar-refractivity contribution in [1.82, 2.24) is 10.2 Å². The molecule has 1 saturated carbocycles. The van der Waals surface area contributed by atoms with Gasteiger partial charge in [-0.25, -0.2) is 8.42 Å². The number of halogens is 1. The molecule has 1 N–H and O–H groups in total. The fourth-order valence-corrected chi connectivity index (χ4v) is 6.68. The minimum Gasteiger partial charge on any atom is -0.352 e. The number of para-hydroxylation sites is 1. The number of amides is 2. The summed E-state index contributed by atoms with van der Waals surface area (Å²) in [7, 11) is -3.81. The van der Waals surface area contributed by atoms with Gasteiger partial charge in [-0.05, 0) is 54.2 Å². The lowest BCUT2D eigenvalue weighted by molar-refractivity contribution is -0.140. The van der Waals surface area contributed by atoms with Gasteiger partial charge in [-0.2, -0.15) is 0 Å². The minimum absolute atomic E-state index is 0.0677. The summed E-state index contributed by atoms with van der Waals surface area (Å²) in [4.78, 5) is 29.9. The predicted molar refractivity (Wildman–Crippen MR) is 172 cm³/mol. The number of nitrogens with zero attached hydrogens (tertiary/aromatic N) is 2. The number of nitrogens with one attached hydrogen (secondary N) is 1. The first kappa shape index (κ1) is 31.8. The van der Waals surface area contributed by atoms with Gasteiger partial charge in [-0.3, -0.25) is 13.9 Å². The molecule has 9 heteroatoms. The van der Waals surface area contributed by atoms with E-state index < -0.39 is 28.5 Å². The molecule has 3 aromatic carbocycles. The first-order valence-electron chi connectivity index (χ1n) is 14.6. The van der Waals surface area contributed by atoms with Crippen molar-refractivity contribution in [3.63, 3.8) is 0 Å². The van der Waals surface area contributed by atoms with Crippen LogP contribution in [0.15, 0.2) is 83.3 Å². The van der Waals surface area contributed by atoms with Gasteiger partial charge in [0.2, 0.25) is 21.8 Å². The third-order valence-corrected chi connectivity index (χ3v) is 9.46. The Hall–Kier alpha value is -3.17. The van der Waals surface area contributed by atoms with Crippen molar-refractivity contribution in [3.05, 3.63) is 100 Å². The van der Waals surface area contributed by atoms with E-state index in [0.29, 0.717) is 18.5 Å². The van der Waals surface area contributed by atoms with Crippen molar-refractivity contribution in [2.75, 3.05) is 17.1 Å². The molecule has 1 aliphatic rings. The number of anilines is 1. The van der Waals surface area contributed by atoms with Crippen molar-refractivity contribution in [2.45, 2.75) is 70.5 Å². The third kappa shape index (κ3) is 8.67. The molecular formula is C33H40BrN3O4S. The Morgan fingerprint density at radius 3 is 2.19 bits per heavy atom. The maximum absolute atomic E-state index is 14.3. The highest BCUT2D eigenvalue weighted by Crippen LogP contribution is 2.25. The van der Waals surface area contributed by atoms with Crippen LogP contribution in [0.2, 0.25) is 0 Å². The molecule has 4 rings (SSSR count). The average molecular weight is 655 g/mol. The molecule has 224 valence electrons. The van der Waals surface area contributed by atoms with Crippen molar-refractivity contribution in [3.8, 4) is 0 Å². The SMILES string of the molecule is CCc1ccccc1N(CC(=O)N(Cc1ccc(Br)cc1)[C@@H](Cc1ccccc1)C(=O)NC1CCCCC1)S(C)(=O)=O. The standard InChI is InChI=1S/C33H40BrN3O4S/c1-3-27-14-10-11-17-30(27)37(42(2,40)41)24-32(38)36(23-26-18-20-28(34)21-19-26)31(22-25-12-6-4-7-13-25)33(39)35-29-15-8-5-9-16-29/h4,6-7,10-14,17-21,29,31H,3,5,8-9,15-16,22-24H2,1-2H3,(H,35,39)/t31-/m0/s1. The highest BCUT2D eigenvalue weighted by atomic mass is 79.9. The summed E-state index contributed by atoms with van der Waals surface area (Å²) in [5.41, 5.74) is 3.07. The second-order valence-electron chi connectivity index (χ2n) is 10.9. The van der Waals surface area contributed by atoms with E-state index in [4.69, 9.17) is 0 Å². The molecule has 2 amide bonds. The zero-order valence-electron chi connectivity index (χ0n) is 24.3. The second kappa shape index (κ2) is 14.8. The van der Waals surface area contributed by atoms with Gasteiger partial charge >= 0.3 is 0 Å². The summed E-state index contributed by atoms with van der Waals surface area (Å²) in [6.45, 7) is 1.70. The summed E-state index contributed by atoms with van der Waals surface area (Å²) in [6, 6.07) is 23.7. The van der Waals surface area contributed by atoms with Gasteiger partial charge in [0.1, 0.15) is 12.6 Å². The monoisotopic (exact) mass is 653 g/mol. The number of aryl methyl sites for hydroxylation is 1. The molecule has 1 fully saturated rings. The Morgan fingerprint density at radius 2 is 1.55 bits per heavy atom. The zero-order valence-corrected chi connectivity index (χ0v) is 26.7.